The van der Waals surface area contributed by atoms with E-state index in [0.717, 1.165) is 0 Å². The van der Waals surface area contributed by atoms with Crippen molar-refractivity contribution in [2.45, 2.75) is 31.8 Å². The van der Waals surface area contributed by atoms with Crippen LogP contribution in [0.2, 0.25) is 0 Å². The second kappa shape index (κ2) is 7.19. The van der Waals surface area contributed by atoms with Crippen molar-refractivity contribution in [1.82, 2.24) is 10.6 Å². The Bertz CT molecular complexity index is 338. The molecule has 0 fully saturated rings. The Balaban J connectivity index is 4.16. The van der Waals surface area contributed by atoms with Gasteiger partial charge in [-0.15, -0.1) is 24.7 Å². The standard InChI is InChI=1S/C11H14N2O3/c1-4-6-8(3)12-11(16)13-9(7-5-2)10(14)15/h1-2,8-9H,6-7H2,3H3,(H,14,15)(H2,12,13,16). The summed E-state index contributed by atoms with van der Waals surface area (Å²) in [5.74, 6) is 3.39. The van der Waals surface area contributed by atoms with Gasteiger partial charge in [0.15, 0.2) is 0 Å². The quantitative estimate of drug-likeness (QED) is 0.580. The third-order valence-electron chi connectivity index (χ3n) is 1.73. The summed E-state index contributed by atoms with van der Waals surface area (Å²) < 4.78 is 0. The number of hydrogen-bond acceptors (Lipinski definition) is 2. The maximum absolute atomic E-state index is 11.3. The molecule has 0 aromatic rings. The molecule has 0 bridgehead atoms. The van der Waals surface area contributed by atoms with Crippen LogP contribution >= 0.6 is 0 Å². The Kier molecular flexibility index (Phi) is 6.23. The number of carbonyl (C=O) groups excluding carboxylic acids is 1. The van der Waals surface area contributed by atoms with E-state index in [1.54, 1.807) is 6.92 Å². The van der Waals surface area contributed by atoms with Gasteiger partial charge in [-0.1, -0.05) is 0 Å². The zero-order valence-corrected chi connectivity index (χ0v) is 8.99. The van der Waals surface area contributed by atoms with Crippen LogP contribution in [0, 0.1) is 24.7 Å². The molecule has 16 heavy (non-hydrogen) atoms. The van der Waals surface area contributed by atoms with Crippen LogP contribution in [-0.2, 0) is 4.79 Å². The minimum absolute atomic E-state index is 0.0632. The number of carboxylic acid groups (broad SMARTS) is 1. The number of carboxylic acids is 1. The number of terminal acetylenes is 2. The third-order valence-corrected chi connectivity index (χ3v) is 1.73. The minimum Gasteiger partial charge on any atom is -0.480 e. The highest BCUT2D eigenvalue weighted by Gasteiger charge is 2.19. The van der Waals surface area contributed by atoms with Crippen molar-refractivity contribution in [3.05, 3.63) is 0 Å². The van der Waals surface area contributed by atoms with Crippen molar-refractivity contribution in [2.24, 2.45) is 0 Å². The normalized spacial score (nSPS) is 12.7. The van der Waals surface area contributed by atoms with E-state index >= 15 is 0 Å². The molecule has 0 radical (unpaired) electrons. The van der Waals surface area contributed by atoms with Crippen molar-refractivity contribution in [1.29, 1.82) is 0 Å². The van der Waals surface area contributed by atoms with Gasteiger partial charge in [-0.05, 0) is 6.92 Å². The molecule has 0 aromatic heterocycles. The molecule has 0 spiro atoms. The highest BCUT2D eigenvalue weighted by Crippen LogP contribution is 1.92. The Morgan fingerprint density at radius 1 is 1.25 bits per heavy atom. The predicted molar refractivity (Wildman–Crippen MR) is 59.5 cm³/mol. The number of rotatable bonds is 5. The molecule has 3 N–H and O–H groups in total. The lowest BCUT2D eigenvalue weighted by Crippen LogP contribution is -2.48. The second-order valence-electron chi connectivity index (χ2n) is 3.23. The molecule has 0 saturated carbocycles. The fourth-order valence-corrected chi connectivity index (χ4v) is 0.969. The van der Waals surface area contributed by atoms with Crippen LogP contribution in [0.5, 0.6) is 0 Å². The molecule has 0 aliphatic carbocycles. The summed E-state index contributed by atoms with van der Waals surface area (Å²) >= 11 is 0. The lowest BCUT2D eigenvalue weighted by molar-refractivity contribution is -0.139. The van der Waals surface area contributed by atoms with E-state index in [1.807, 2.05) is 0 Å². The number of carbonyl (C=O) groups is 2. The van der Waals surface area contributed by atoms with Gasteiger partial charge in [-0.3, -0.25) is 0 Å². The molecule has 0 aliphatic heterocycles. The second-order valence-corrected chi connectivity index (χ2v) is 3.23. The SMILES string of the molecule is C#CCC(C)NC(=O)NC(CC#C)C(=O)O. The highest BCUT2D eigenvalue weighted by atomic mass is 16.4. The maximum Gasteiger partial charge on any atom is 0.327 e. The molecule has 5 nitrogen and oxygen atoms in total. The van der Waals surface area contributed by atoms with Crippen LogP contribution in [0.15, 0.2) is 0 Å². The van der Waals surface area contributed by atoms with E-state index in [9.17, 15) is 9.59 Å². The Hall–Kier alpha value is -2.14. The molecular formula is C11H14N2O3. The molecular weight excluding hydrogens is 208 g/mol. The molecule has 2 atom stereocenters. The van der Waals surface area contributed by atoms with E-state index in [2.05, 4.69) is 22.5 Å². The molecule has 5 heteroatoms. The summed E-state index contributed by atoms with van der Waals surface area (Å²) in [6.45, 7) is 1.72. The summed E-state index contributed by atoms with van der Waals surface area (Å²) in [5.41, 5.74) is 0. The minimum atomic E-state index is -1.17. The first-order valence-corrected chi connectivity index (χ1v) is 4.68. The van der Waals surface area contributed by atoms with Gasteiger partial charge < -0.3 is 15.7 Å². The predicted octanol–water partition coefficient (Wildman–Crippen LogP) is 0.174. The van der Waals surface area contributed by atoms with Crippen LogP contribution in [0.3, 0.4) is 0 Å². The Morgan fingerprint density at radius 2 is 1.81 bits per heavy atom. The number of amides is 2. The zero-order valence-electron chi connectivity index (χ0n) is 8.99. The van der Waals surface area contributed by atoms with Gasteiger partial charge in [0, 0.05) is 18.9 Å². The smallest absolute Gasteiger partial charge is 0.327 e. The summed E-state index contributed by atoms with van der Waals surface area (Å²) in [5, 5.41) is 13.5. The fraction of sp³-hybridized carbons (Fsp3) is 0.455. The molecule has 0 heterocycles. The maximum atomic E-state index is 11.3. The monoisotopic (exact) mass is 222 g/mol. The van der Waals surface area contributed by atoms with Gasteiger partial charge in [-0.2, -0.15) is 0 Å². The highest BCUT2D eigenvalue weighted by molar-refractivity contribution is 5.82. The average molecular weight is 222 g/mol. The zero-order chi connectivity index (χ0) is 12.6. The van der Waals surface area contributed by atoms with E-state index in [0.29, 0.717) is 6.42 Å². The van der Waals surface area contributed by atoms with Gasteiger partial charge in [0.05, 0.1) is 0 Å². The van der Waals surface area contributed by atoms with Gasteiger partial charge in [0.2, 0.25) is 0 Å². The molecule has 2 amide bonds. The van der Waals surface area contributed by atoms with Gasteiger partial charge >= 0.3 is 12.0 Å². The van der Waals surface area contributed by atoms with Crippen LogP contribution in [0.1, 0.15) is 19.8 Å². The van der Waals surface area contributed by atoms with E-state index < -0.39 is 18.0 Å². The first-order chi connectivity index (χ1) is 7.51. The van der Waals surface area contributed by atoms with Crippen molar-refractivity contribution < 1.29 is 14.7 Å². The summed E-state index contributed by atoms with van der Waals surface area (Å²) in [7, 11) is 0. The van der Waals surface area contributed by atoms with Gasteiger partial charge in [0.25, 0.3) is 0 Å². The lowest BCUT2D eigenvalue weighted by atomic mass is 10.2. The van der Waals surface area contributed by atoms with E-state index in [1.165, 1.54) is 0 Å². The van der Waals surface area contributed by atoms with Crippen molar-refractivity contribution in [3.63, 3.8) is 0 Å². The van der Waals surface area contributed by atoms with Crippen molar-refractivity contribution in [3.8, 4) is 24.7 Å². The third kappa shape index (κ3) is 5.56. The molecule has 0 aromatic carbocycles. The summed E-state index contributed by atoms with van der Waals surface area (Å²) in [6, 6.07) is -1.89. The Morgan fingerprint density at radius 3 is 2.25 bits per heavy atom. The average Bonchev–Trinajstić information content (AvgIpc) is 2.16. The molecule has 0 saturated heterocycles. The summed E-state index contributed by atoms with van der Waals surface area (Å²) in [6.07, 6.45) is 10.4. The van der Waals surface area contributed by atoms with Crippen LogP contribution < -0.4 is 10.6 Å². The topological polar surface area (TPSA) is 78.4 Å². The van der Waals surface area contributed by atoms with Crippen molar-refractivity contribution in [2.75, 3.05) is 0 Å². The van der Waals surface area contributed by atoms with Crippen LogP contribution in [0.25, 0.3) is 0 Å². The summed E-state index contributed by atoms with van der Waals surface area (Å²) in [4.78, 5) is 22.0. The van der Waals surface area contributed by atoms with Crippen molar-refractivity contribution >= 4 is 12.0 Å². The number of urea groups is 1. The Labute approximate surface area is 94.6 Å². The van der Waals surface area contributed by atoms with E-state index in [4.69, 9.17) is 18.0 Å². The van der Waals surface area contributed by atoms with Crippen LogP contribution in [-0.4, -0.2) is 29.2 Å². The number of nitrogens with one attached hydrogen (secondary N) is 2. The molecule has 0 aliphatic rings. The van der Waals surface area contributed by atoms with Gasteiger partial charge in [-0.25, -0.2) is 9.59 Å². The molecule has 0 rings (SSSR count). The lowest BCUT2D eigenvalue weighted by Gasteiger charge is -2.15. The number of hydrogen-bond donors (Lipinski definition) is 3. The molecule has 2 unspecified atom stereocenters. The largest absolute Gasteiger partial charge is 0.480 e. The van der Waals surface area contributed by atoms with Gasteiger partial charge in [0.1, 0.15) is 6.04 Å². The fourth-order valence-electron chi connectivity index (χ4n) is 0.969. The van der Waals surface area contributed by atoms with Crippen LogP contribution in [0.4, 0.5) is 4.79 Å². The number of aliphatic carboxylic acids is 1. The first-order valence-electron chi connectivity index (χ1n) is 4.68. The first kappa shape index (κ1) is 13.9. The molecule has 86 valence electrons. The van der Waals surface area contributed by atoms with E-state index in [-0.39, 0.29) is 12.5 Å².